The minimum atomic E-state index is -4.60. The lowest BCUT2D eigenvalue weighted by Gasteiger charge is -2.27. The molecule has 1 atom stereocenters. The van der Waals surface area contributed by atoms with Crippen molar-refractivity contribution in [2.75, 3.05) is 36.3 Å². The van der Waals surface area contributed by atoms with Crippen molar-refractivity contribution < 1.29 is 32.2 Å². The van der Waals surface area contributed by atoms with Crippen LogP contribution in [0.15, 0.2) is 30.3 Å². The van der Waals surface area contributed by atoms with E-state index in [1.165, 1.54) is 43.8 Å². The molecule has 1 aromatic carbocycles. The molecular formula is C23H24F3N7O4S. The summed E-state index contributed by atoms with van der Waals surface area (Å²) in [6.07, 6.45) is -4.00. The van der Waals surface area contributed by atoms with Gasteiger partial charge in [0.2, 0.25) is 5.88 Å². The normalized spacial score (nSPS) is 13.8. The zero-order valence-electron chi connectivity index (χ0n) is 20.5. The molecule has 1 unspecified atom stereocenters. The Bertz CT molecular complexity index is 1310. The first-order valence-electron chi connectivity index (χ1n) is 11.3. The number of carbonyl (C=O) groups is 2. The Hall–Kier alpha value is -4.14. The van der Waals surface area contributed by atoms with E-state index >= 15 is 0 Å². The van der Waals surface area contributed by atoms with Crippen LogP contribution in [-0.2, 0) is 13.0 Å². The van der Waals surface area contributed by atoms with Crippen LogP contribution in [0.4, 0.5) is 34.6 Å². The number of para-hydroxylation sites is 1. The number of halogens is 3. The van der Waals surface area contributed by atoms with Crippen LogP contribution < -0.4 is 30.3 Å². The van der Waals surface area contributed by atoms with Crippen LogP contribution in [0.25, 0.3) is 0 Å². The number of nitrogens with zero attached hydrogens (tertiary/aromatic N) is 4. The molecule has 3 heterocycles. The number of benzene rings is 1. The molecular weight excluding hydrogens is 527 g/mol. The zero-order chi connectivity index (χ0) is 27.4. The Kier molecular flexibility index (Phi) is 7.85. The third-order valence-corrected chi connectivity index (χ3v) is 6.59. The second-order valence-corrected chi connectivity index (χ2v) is 9.26. The number of urea groups is 1. The fourth-order valence-electron chi connectivity index (χ4n) is 3.59. The molecule has 202 valence electrons. The standard InChI is InChI=1S/C23H24F3N7O4S/c1-12(23(24,25)26)27-19(34)13-6-4-5-7-14(13)28-20(35)32-22-29-15-8-9-33(11-16(15)38-22)17-10-18(36-2)31-21(30-17)37-3/h4-7,10,12H,8-9,11H2,1-3H3,(H,27,34)(H2,28,29,32,35). The largest absolute Gasteiger partial charge is 0.481 e. The molecule has 0 spiro atoms. The van der Waals surface area contributed by atoms with Crippen molar-refractivity contribution in [3.8, 4) is 11.9 Å². The minimum absolute atomic E-state index is 0.0519. The molecule has 3 N–H and O–H groups in total. The molecule has 0 aliphatic carbocycles. The van der Waals surface area contributed by atoms with Crippen LogP contribution in [0, 0.1) is 0 Å². The highest BCUT2D eigenvalue weighted by Gasteiger charge is 2.37. The molecule has 0 radical (unpaired) electrons. The smallest absolute Gasteiger partial charge is 0.408 e. The average Bonchev–Trinajstić information content (AvgIpc) is 3.29. The maximum atomic E-state index is 12.8. The van der Waals surface area contributed by atoms with Gasteiger partial charge in [-0.25, -0.2) is 9.78 Å². The van der Waals surface area contributed by atoms with Gasteiger partial charge in [0.1, 0.15) is 11.9 Å². The highest BCUT2D eigenvalue weighted by molar-refractivity contribution is 7.15. The summed E-state index contributed by atoms with van der Waals surface area (Å²) in [7, 11) is 2.97. The number of anilines is 3. The van der Waals surface area contributed by atoms with Gasteiger partial charge in [-0.15, -0.1) is 0 Å². The van der Waals surface area contributed by atoms with E-state index in [1.807, 2.05) is 10.2 Å². The molecule has 38 heavy (non-hydrogen) atoms. The minimum Gasteiger partial charge on any atom is -0.481 e. The van der Waals surface area contributed by atoms with Crippen molar-refractivity contribution in [1.82, 2.24) is 20.3 Å². The van der Waals surface area contributed by atoms with Gasteiger partial charge in [0.15, 0.2) is 5.13 Å². The molecule has 1 aliphatic heterocycles. The summed E-state index contributed by atoms with van der Waals surface area (Å²) in [5.74, 6) is 0.0195. The lowest BCUT2D eigenvalue weighted by Crippen LogP contribution is -2.43. The van der Waals surface area contributed by atoms with E-state index in [0.717, 1.165) is 17.5 Å². The predicted octanol–water partition coefficient (Wildman–Crippen LogP) is 3.84. The molecule has 4 rings (SSSR count). The molecule has 3 aromatic rings. The number of thiazole rings is 1. The Balaban J connectivity index is 1.43. The van der Waals surface area contributed by atoms with E-state index in [1.54, 1.807) is 12.1 Å². The number of nitrogens with one attached hydrogen (secondary N) is 3. The third kappa shape index (κ3) is 6.22. The second-order valence-electron chi connectivity index (χ2n) is 8.18. The van der Waals surface area contributed by atoms with Crippen LogP contribution in [0.1, 0.15) is 27.9 Å². The van der Waals surface area contributed by atoms with Crippen molar-refractivity contribution in [3.63, 3.8) is 0 Å². The van der Waals surface area contributed by atoms with Crippen molar-refractivity contribution >= 4 is 39.9 Å². The number of fused-ring (bicyclic) bond motifs is 1. The molecule has 15 heteroatoms. The summed E-state index contributed by atoms with van der Waals surface area (Å²) in [5.41, 5.74) is 0.773. The molecule has 2 aromatic heterocycles. The first-order chi connectivity index (χ1) is 18.1. The van der Waals surface area contributed by atoms with Crippen molar-refractivity contribution in [3.05, 3.63) is 46.5 Å². The van der Waals surface area contributed by atoms with Gasteiger partial charge in [-0.3, -0.25) is 10.1 Å². The van der Waals surface area contributed by atoms with Gasteiger partial charge in [0, 0.05) is 23.9 Å². The lowest BCUT2D eigenvalue weighted by molar-refractivity contribution is -0.149. The highest BCUT2D eigenvalue weighted by atomic mass is 32.1. The highest BCUT2D eigenvalue weighted by Crippen LogP contribution is 2.32. The Morgan fingerprint density at radius 1 is 1.11 bits per heavy atom. The van der Waals surface area contributed by atoms with Crippen molar-refractivity contribution in [2.45, 2.75) is 32.1 Å². The van der Waals surface area contributed by atoms with Gasteiger partial charge in [-0.05, 0) is 19.1 Å². The van der Waals surface area contributed by atoms with Crippen LogP contribution in [0.2, 0.25) is 0 Å². The van der Waals surface area contributed by atoms with Gasteiger partial charge < -0.3 is 25.0 Å². The SMILES string of the molecule is COc1cc(N2CCc3nc(NC(=O)Nc4ccccc4C(=O)NC(C)C(F)(F)F)sc3C2)nc(OC)n1. The number of ether oxygens (including phenoxy) is 2. The molecule has 0 saturated carbocycles. The van der Waals surface area contributed by atoms with Gasteiger partial charge in [0.05, 0.1) is 37.7 Å². The van der Waals surface area contributed by atoms with Crippen molar-refractivity contribution in [2.24, 2.45) is 0 Å². The van der Waals surface area contributed by atoms with Gasteiger partial charge in [-0.2, -0.15) is 23.1 Å². The number of amides is 3. The molecule has 0 bridgehead atoms. The maximum absolute atomic E-state index is 12.8. The number of aromatic nitrogens is 3. The van der Waals surface area contributed by atoms with E-state index in [9.17, 15) is 22.8 Å². The Morgan fingerprint density at radius 2 is 1.87 bits per heavy atom. The number of hydrogen-bond acceptors (Lipinski definition) is 9. The summed E-state index contributed by atoms with van der Waals surface area (Å²) >= 11 is 1.28. The van der Waals surface area contributed by atoms with Gasteiger partial charge >= 0.3 is 18.2 Å². The van der Waals surface area contributed by atoms with Crippen molar-refractivity contribution in [1.29, 1.82) is 0 Å². The molecule has 0 fully saturated rings. The topological polar surface area (TPSA) is 131 Å². The summed E-state index contributed by atoms with van der Waals surface area (Å²) in [4.78, 5) is 40.9. The Labute approximate surface area is 219 Å². The number of carbonyl (C=O) groups excluding carboxylic acids is 2. The van der Waals surface area contributed by atoms with Crippen LogP contribution in [0.3, 0.4) is 0 Å². The van der Waals surface area contributed by atoms with E-state index < -0.39 is 24.2 Å². The number of rotatable bonds is 7. The third-order valence-electron chi connectivity index (χ3n) is 5.59. The monoisotopic (exact) mass is 551 g/mol. The van der Waals surface area contributed by atoms with Gasteiger partial charge in [0.25, 0.3) is 5.91 Å². The fourth-order valence-corrected chi connectivity index (χ4v) is 4.61. The molecule has 0 saturated heterocycles. The summed E-state index contributed by atoms with van der Waals surface area (Å²) in [6, 6.07) is 4.90. The first-order valence-corrected chi connectivity index (χ1v) is 12.1. The molecule has 11 nitrogen and oxygen atoms in total. The first kappa shape index (κ1) is 26.9. The van der Waals surface area contributed by atoms with Gasteiger partial charge in [-0.1, -0.05) is 23.5 Å². The lowest BCUT2D eigenvalue weighted by atomic mass is 10.1. The number of hydrogen-bond donors (Lipinski definition) is 3. The molecule has 1 aliphatic rings. The average molecular weight is 552 g/mol. The van der Waals surface area contributed by atoms with E-state index in [2.05, 4.69) is 25.6 Å². The van der Waals surface area contributed by atoms with Crippen LogP contribution in [0.5, 0.6) is 11.9 Å². The number of methoxy groups -OCH3 is 2. The van der Waals surface area contributed by atoms with Crippen LogP contribution in [-0.4, -0.2) is 59.9 Å². The summed E-state index contributed by atoms with van der Waals surface area (Å²) < 4.78 is 48.9. The quantitative estimate of drug-likeness (QED) is 0.404. The molecule has 3 amide bonds. The zero-order valence-corrected chi connectivity index (χ0v) is 21.4. The van der Waals surface area contributed by atoms with E-state index in [4.69, 9.17) is 9.47 Å². The van der Waals surface area contributed by atoms with E-state index in [0.29, 0.717) is 36.3 Å². The van der Waals surface area contributed by atoms with E-state index in [-0.39, 0.29) is 17.3 Å². The van der Waals surface area contributed by atoms with Crippen LogP contribution >= 0.6 is 11.3 Å². The summed E-state index contributed by atoms with van der Waals surface area (Å²) in [5, 5.41) is 7.37. The predicted molar refractivity (Wildman–Crippen MR) is 134 cm³/mol. The number of alkyl halides is 3. The second kappa shape index (κ2) is 11.1. The summed E-state index contributed by atoms with van der Waals surface area (Å²) in [6.45, 7) is 1.94. The Morgan fingerprint density at radius 3 is 2.58 bits per heavy atom. The maximum Gasteiger partial charge on any atom is 0.408 e. The fraction of sp³-hybridized carbons (Fsp3) is 0.348.